The second-order valence-corrected chi connectivity index (χ2v) is 6.65. The van der Waals surface area contributed by atoms with Gasteiger partial charge in [-0.25, -0.2) is 9.98 Å². The van der Waals surface area contributed by atoms with Gasteiger partial charge in [-0.2, -0.15) is 18.2 Å². The van der Waals surface area contributed by atoms with Crippen molar-refractivity contribution in [3.63, 3.8) is 0 Å². The van der Waals surface area contributed by atoms with Crippen LogP contribution in [0.4, 0.5) is 24.9 Å². The first-order valence-corrected chi connectivity index (χ1v) is 8.79. The molecule has 9 heteroatoms. The van der Waals surface area contributed by atoms with Gasteiger partial charge in [0.25, 0.3) is 0 Å². The van der Waals surface area contributed by atoms with Gasteiger partial charge in [0.2, 0.25) is 11.8 Å². The largest absolute Gasteiger partial charge is 0.492 e. The second kappa shape index (κ2) is 6.71. The Labute approximate surface area is 153 Å². The van der Waals surface area contributed by atoms with Crippen molar-refractivity contribution < 1.29 is 18.3 Å². The first-order valence-electron chi connectivity index (χ1n) is 8.79. The molecule has 27 heavy (non-hydrogen) atoms. The molecule has 0 spiro atoms. The van der Waals surface area contributed by atoms with Crippen molar-refractivity contribution in [1.82, 2.24) is 15.0 Å². The van der Waals surface area contributed by atoms with E-state index in [4.69, 9.17) is 0 Å². The number of alkyl halides is 3. The Morgan fingerprint density at radius 1 is 1.15 bits per heavy atom. The monoisotopic (exact) mass is 377 g/mol. The van der Waals surface area contributed by atoms with E-state index < -0.39 is 11.7 Å². The van der Waals surface area contributed by atoms with E-state index in [1.54, 1.807) is 6.08 Å². The Balaban J connectivity index is 1.65. The highest BCUT2D eigenvalue weighted by molar-refractivity contribution is 6.21. The summed E-state index contributed by atoms with van der Waals surface area (Å²) in [7, 11) is 0. The maximum Gasteiger partial charge on any atom is 0.417 e. The van der Waals surface area contributed by atoms with Gasteiger partial charge in [-0.15, -0.1) is 0 Å². The Bertz CT molecular complexity index is 908. The third-order valence-electron chi connectivity index (χ3n) is 4.74. The van der Waals surface area contributed by atoms with Gasteiger partial charge in [-0.1, -0.05) is 12.8 Å². The van der Waals surface area contributed by atoms with Crippen LogP contribution in [0.2, 0.25) is 0 Å². The van der Waals surface area contributed by atoms with Gasteiger partial charge >= 0.3 is 6.18 Å². The van der Waals surface area contributed by atoms with Crippen LogP contribution in [0.5, 0.6) is 5.88 Å². The number of aromatic nitrogens is 3. The number of hydrogen-bond acceptors (Lipinski definition) is 5. The number of aliphatic imine (C=N–C) groups is 1. The number of pyridine rings is 1. The zero-order valence-electron chi connectivity index (χ0n) is 14.4. The molecule has 6 nitrogen and oxygen atoms in total. The molecule has 0 aromatic carbocycles. The predicted octanol–water partition coefficient (Wildman–Crippen LogP) is 4.17. The summed E-state index contributed by atoms with van der Waals surface area (Å²) in [6, 6.07) is 1.02. The van der Waals surface area contributed by atoms with Gasteiger partial charge in [-0.3, -0.25) is 0 Å². The van der Waals surface area contributed by atoms with Crippen molar-refractivity contribution in [2.45, 2.75) is 31.9 Å². The zero-order valence-corrected chi connectivity index (χ0v) is 14.4. The lowest BCUT2D eigenvalue weighted by atomic mass is 10.1. The van der Waals surface area contributed by atoms with Gasteiger partial charge in [0, 0.05) is 36.6 Å². The minimum atomic E-state index is -4.48. The van der Waals surface area contributed by atoms with Crippen molar-refractivity contribution in [3.8, 4) is 5.88 Å². The smallest absolute Gasteiger partial charge is 0.417 e. The van der Waals surface area contributed by atoms with Crippen molar-refractivity contribution in [1.29, 1.82) is 0 Å². The minimum absolute atomic E-state index is 0.191. The molecule has 0 radical (unpaired) electrons. The van der Waals surface area contributed by atoms with E-state index in [0.29, 0.717) is 17.2 Å². The third-order valence-corrected chi connectivity index (χ3v) is 4.74. The lowest BCUT2D eigenvalue weighted by Crippen LogP contribution is -2.24. The van der Waals surface area contributed by atoms with E-state index in [0.717, 1.165) is 38.2 Å². The van der Waals surface area contributed by atoms with E-state index >= 15 is 0 Å². The molecule has 1 saturated heterocycles. The van der Waals surface area contributed by atoms with Crippen LogP contribution in [-0.2, 0) is 6.18 Å². The highest BCUT2D eigenvalue weighted by Crippen LogP contribution is 2.37. The molecule has 142 valence electrons. The normalized spacial score (nSPS) is 18.8. The zero-order chi connectivity index (χ0) is 19.0. The fourth-order valence-electron chi connectivity index (χ4n) is 3.30. The van der Waals surface area contributed by atoms with Gasteiger partial charge in [-0.05, 0) is 25.0 Å². The van der Waals surface area contributed by atoms with E-state index in [1.165, 1.54) is 19.1 Å². The van der Waals surface area contributed by atoms with Crippen molar-refractivity contribution in [2.75, 3.05) is 18.0 Å². The number of aromatic amines is 1. The standard InChI is InChI=1S/C18H18F3N5O/c19-18(20,21)12-8-13-11(9-22-15(13)23-10-12)7-14-16(27)25-17(24-14)26-5-3-1-2-4-6-26/h7-10,27H,1-6H2,(H,24,25). The van der Waals surface area contributed by atoms with Crippen LogP contribution in [0.15, 0.2) is 17.3 Å². The second-order valence-electron chi connectivity index (χ2n) is 6.65. The number of allylic oxidation sites excluding steroid dienone is 1. The summed E-state index contributed by atoms with van der Waals surface area (Å²) in [4.78, 5) is 17.1. The van der Waals surface area contributed by atoms with Gasteiger partial charge in [0.05, 0.1) is 5.56 Å². The van der Waals surface area contributed by atoms with Crippen LogP contribution in [-0.4, -0.2) is 39.4 Å². The summed E-state index contributed by atoms with van der Waals surface area (Å²) in [5, 5.41) is 10.2. The molecule has 0 amide bonds. The number of aromatic hydroxyl groups is 1. The highest BCUT2D eigenvalue weighted by Gasteiger charge is 2.32. The number of halogens is 3. The van der Waals surface area contributed by atoms with Crippen LogP contribution in [0.3, 0.4) is 0 Å². The lowest BCUT2D eigenvalue weighted by molar-refractivity contribution is -0.137. The van der Waals surface area contributed by atoms with Crippen LogP contribution in [0.1, 0.15) is 42.5 Å². The summed E-state index contributed by atoms with van der Waals surface area (Å²) >= 11 is 0. The average Bonchev–Trinajstić information content (AvgIpc) is 3.07. The number of rotatable bonds is 2. The van der Waals surface area contributed by atoms with Gasteiger partial charge in [0.1, 0.15) is 5.69 Å². The summed E-state index contributed by atoms with van der Waals surface area (Å²) in [5.41, 5.74) is 0.206. The van der Waals surface area contributed by atoms with Gasteiger partial charge < -0.3 is 15.0 Å². The fourth-order valence-corrected chi connectivity index (χ4v) is 3.30. The predicted molar refractivity (Wildman–Crippen MR) is 96.2 cm³/mol. The molecular weight excluding hydrogens is 359 g/mol. The minimum Gasteiger partial charge on any atom is -0.492 e. The molecular formula is C18H18F3N5O. The molecule has 4 rings (SSSR count). The molecule has 0 saturated carbocycles. The number of hydrogen-bond donors (Lipinski definition) is 2. The Kier molecular flexibility index (Phi) is 4.37. The first-order chi connectivity index (χ1) is 12.9. The summed E-state index contributed by atoms with van der Waals surface area (Å²) in [6.45, 7) is 1.71. The Hall–Kier alpha value is -2.84. The molecule has 2 aromatic heterocycles. The summed E-state index contributed by atoms with van der Waals surface area (Å²) < 4.78 is 38.9. The number of nitrogens with one attached hydrogen (secondary N) is 1. The molecule has 0 atom stereocenters. The SMILES string of the molecule is Oc1nc(N2CCCCCC2)[nH]c1C=C1C=Nc2ncc(C(F)(F)F)cc21. The molecule has 4 heterocycles. The first kappa shape index (κ1) is 17.6. The van der Waals surface area contributed by atoms with Crippen LogP contribution in [0, 0.1) is 0 Å². The molecule has 0 unspecified atom stereocenters. The molecule has 2 aliphatic heterocycles. The molecule has 2 aliphatic rings. The van der Waals surface area contributed by atoms with Gasteiger partial charge in [0.15, 0.2) is 5.82 Å². The van der Waals surface area contributed by atoms with Crippen LogP contribution < -0.4 is 4.90 Å². The van der Waals surface area contributed by atoms with E-state index in [2.05, 4.69) is 24.8 Å². The summed E-state index contributed by atoms with van der Waals surface area (Å²) in [5.74, 6) is 0.600. The third kappa shape index (κ3) is 3.54. The molecule has 2 N–H and O–H groups in total. The average molecular weight is 377 g/mol. The molecule has 1 fully saturated rings. The fraction of sp³-hybridized carbons (Fsp3) is 0.389. The topological polar surface area (TPSA) is 77.4 Å². The summed E-state index contributed by atoms with van der Waals surface area (Å²) in [6.07, 6.45) is 3.72. The van der Waals surface area contributed by atoms with Crippen LogP contribution in [0.25, 0.3) is 11.6 Å². The Morgan fingerprint density at radius 3 is 2.59 bits per heavy atom. The van der Waals surface area contributed by atoms with E-state index in [1.807, 2.05) is 0 Å². The number of imidazole rings is 1. The number of H-pyrrole nitrogens is 1. The van der Waals surface area contributed by atoms with Crippen LogP contribution >= 0.6 is 0 Å². The lowest BCUT2D eigenvalue weighted by Gasteiger charge is -2.18. The maximum atomic E-state index is 13.0. The highest BCUT2D eigenvalue weighted by atomic mass is 19.4. The Morgan fingerprint density at radius 2 is 1.89 bits per heavy atom. The van der Waals surface area contributed by atoms with Crippen molar-refractivity contribution >= 4 is 29.6 Å². The van der Waals surface area contributed by atoms with Crippen molar-refractivity contribution in [3.05, 3.63) is 29.1 Å². The number of anilines is 1. The number of nitrogens with zero attached hydrogens (tertiary/aromatic N) is 4. The quantitative estimate of drug-likeness (QED) is 0.824. The number of fused-ring (bicyclic) bond motifs is 1. The van der Waals surface area contributed by atoms with E-state index in [9.17, 15) is 18.3 Å². The molecule has 0 bridgehead atoms. The molecule has 2 aromatic rings. The molecule has 0 aliphatic carbocycles. The maximum absolute atomic E-state index is 13.0. The van der Waals surface area contributed by atoms with E-state index in [-0.39, 0.29) is 17.3 Å². The van der Waals surface area contributed by atoms with Crippen molar-refractivity contribution in [2.24, 2.45) is 4.99 Å².